The van der Waals surface area contributed by atoms with Crippen molar-refractivity contribution in [3.05, 3.63) is 52.8 Å². The summed E-state index contributed by atoms with van der Waals surface area (Å²) in [6, 6.07) is 5.78. The van der Waals surface area contributed by atoms with Gasteiger partial charge in [-0.25, -0.2) is 9.97 Å². The highest BCUT2D eigenvalue weighted by atomic mass is 32.1. The van der Waals surface area contributed by atoms with Crippen molar-refractivity contribution in [3.63, 3.8) is 0 Å². The Bertz CT molecular complexity index is 1230. The Hall–Kier alpha value is -3.20. The maximum absolute atomic E-state index is 12.8. The number of carbonyl (C=O) groups excluding carboxylic acids is 1. The first-order chi connectivity index (χ1) is 14.0. The first-order valence-electron chi connectivity index (χ1n) is 9.42. The van der Waals surface area contributed by atoms with E-state index in [0.717, 1.165) is 44.7 Å². The van der Waals surface area contributed by atoms with Crippen molar-refractivity contribution in [2.24, 2.45) is 0 Å². The SMILES string of the molecule is Cc1cn2c(n1)CN(C(=O)Cc1cc3nc(-c4nnc(C)s4)ccc3cn1)CC2. The molecular formula is C20H19N7OS. The van der Waals surface area contributed by atoms with Crippen LogP contribution in [0.3, 0.4) is 0 Å². The predicted molar refractivity (Wildman–Crippen MR) is 109 cm³/mol. The number of aryl methyl sites for hydroxylation is 2. The number of carbonyl (C=O) groups is 1. The molecule has 0 bridgehead atoms. The zero-order chi connectivity index (χ0) is 20.0. The van der Waals surface area contributed by atoms with E-state index in [9.17, 15) is 4.79 Å². The number of fused-ring (bicyclic) bond motifs is 2. The molecule has 0 fully saturated rings. The van der Waals surface area contributed by atoms with Crippen molar-refractivity contribution in [2.45, 2.75) is 33.4 Å². The third kappa shape index (κ3) is 3.49. The standard InChI is InChI=1S/C20H19N7OS/c1-12-10-26-5-6-27(11-18(26)22-12)19(28)8-15-7-17-14(9-21-15)3-4-16(23-17)20-25-24-13(2)29-20/h3-4,7,9-10H,5-6,8,11H2,1-2H3. The molecule has 5 rings (SSSR count). The molecule has 8 nitrogen and oxygen atoms in total. The molecule has 0 aromatic carbocycles. The van der Waals surface area contributed by atoms with Gasteiger partial charge in [0.1, 0.15) is 16.5 Å². The van der Waals surface area contributed by atoms with E-state index >= 15 is 0 Å². The quantitative estimate of drug-likeness (QED) is 0.520. The normalized spacial score (nSPS) is 13.7. The van der Waals surface area contributed by atoms with Crippen LogP contribution in [0, 0.1) is 13.8 Å². The highest BCUT2D eigenvalue weighted by Crippen LogP contribution is 2.24. The summed E-state index contributed by atoms with van der Waals surface area (Å²) in [5.41, 5.74) is 3.28. The number of imidazole rings is 1. The van der Waals surface area contributed by atoms with Crippen molar-refractivity contribution < 1.29 is 4.79 Å². The fourth-order valence-corrected chi connectivity index (χ4v) is 4.21. The maximum atomic E-state index is 12.8. The van der Waals surface area contributed by atoms with E-state index in [1.54, 1.807) is 6.20 Å². The van der Waals surface area contributed by atoms with E-state index in [2.05, 4.69) is 24.7 Å². The first kappa shape index (κ1) is 17.9. The number of aromatic nitrogens is 6. The number of pyridine rings is 2. The Labute approximate surface area is 171 Å². The summed E-state index contributed by atoms with van der Waals surface area (Å²) < 4.78 is 2.12. The molecule has 0 unspecified atom stereocenters. The summed E-state index contributed by atoms with van der Waals surface area (Å²) in [5.74, 6) is 0.992. The van der Waals surface area contributed by atoms with Gasteiger partial charge in [0.2, 0.25) is 5.91 Å². The number of hydrogen-bond donors (Lipinski definition) is 0. The highest BCUT2D eigenvalue weighted by molar-refractivity contribution is 7.14. The van der Waals surface area contributed by atoms with Crippen LogP contribution in [0.15, 0.2) is 30.6 Å². The van der Waals surface area contributed by atoms with Crippen LogP contribution in [-0.2, 0) is 24.3 Å². The van der Waals surface area contributed by atoms with Gasteiger partial charge in [-0.3, -0.25) is 9.78 Å². The molecule has 0 spiro atoms. The van der Waals surface area contributed by atoms with E-state index in [0.29, 0.717) is 18.8 Å². The number of nitrogens with zero attached hydrogens (tertiary/aromatic N) is 7. The second-order valence-electron chi connectivity index (χ2n) is 7.18. The van der Waals surface area contributed by atoms with Gasteiger partial charge in [-0.05, 0) is 32.0 Å². The summed E-state index contributed by atoms with van der Waals surface area (Å²) >= 11 is 1.51. The van der Waals surface area contributed by atoms with Gasteiger partial charge in [0.05, 0.1) is 29.9 Å². The number of rotatable bonds is 3. The second kappa shape index (κ2) is 7.00. The average molecular weight is 405 g/mol. The zero-order valence-electron chi connectivity index (χ0n) is 16.2. The molecule has 0 saturated heterocycles. The Kier molecular flexibility index (Phi) is 4.31. The molecule has 29 heavy (non-hydrogen) atoms. The lowest BCUT2D eigenvalue weighted by Gasteiger charge is -2.27. The molecule has 5 heterocycles. The summed E-state index contributed by atoms with van der Waals surface area (Å²) in [4.78, 5) is 28.3. The third-order valence-electron chi connectivity index (χ3n) is 4.98. The molecule has 0 aliphatic carbocycles. The topological polar surface area (TPSA) is 89.7 Å². The van der Waals surface area contributed by atoms with Crippen LogP contribution >= 0.6 is 11.3 Å². The van der Waals surface area contributed by atoms with E-state index in [4.69, 9.17) is 4.98 Å². The minimum atomic E-state index is 0.0552. The van der Waals surface area contributed by atoms with Crippen LogP contribution in [0.25, 0.3) is 21.6 Å². The largest absolute Gasteiger partial charge is 0.333 e. The van der Waals surface area contributed by atoms with Crippen molar-refractivity contribution in [1.29, 1.82) is 0 Å². The van der Waals surface area contributed by atoms with Crippen molar-refractivity contribution in [3.8, 4) is 10.7 Å². The predicted octanol–water partition coefficient (Wildman–Crippen LogP) is 2.55. The van der Waals surface area contributed by atoms with Gasteiger partial charge < -0.3 is 9.47 Å². The summed E-state index contributed by atoms with van der Waals surface area (Å²) in [6.07, 6.45) is 4.05. The van der Waals surface area contributed by atoms with Crippen molar-refractivity contribution in [1.82, 2.24) is 34.6 Å². The van der Waals surface area contributed by atoms with Gasteiger partial charge >= 0.3 is 0 Å². The van der Waals surface area contributed by atoms with Crippen LogP contribution < -0.4 is 0 Å². The Balaban J connectivity index is 1.36. The lowest BCUT2D eigenvalue weighted by atomic mass is 10.2. The monoisotopic (exact) mass is 405 g/mol. The molecular weight excluding hydrogens is 386 g/mol. The number of amides is 1. The zero-order valence-corrected chi connectivity index (χ0v) is 17.0. The van der Waals surface area contributed by atoms with Crippen LogP contribution in [0.5, 0.6) is 0 Å². The molecule has 4 aromatic heterocycles. The van der Waals surface area contributed by atoms with Gasteiger partial charge in [-0.2, -0.15) is 0 Å². The Morgan fingerprint density at radius 2 is 2.07 bits per heavy atom. The van der Waals surface area contributed by atoms with Gasteiger partial charge in [-0.1, -0.05) is 11.3 Å². The first-order valence-corrected chi connectivity index (χ1v) is 10.2. The second-order valence-corrected chi connectivity index (χ2v) is 8.36. The van der Waals surface area contributed by atoms with E-state index in [1.807, 2.05) is 43.1 Å². The molecule has 1 aliphatic heterocycles. The molecule has 1 amide bonds. The van der Waals surface area contributed by atoms with Crippen LogP contribution in [-0.4, -0.2) is 47.1 Å². The van der Waals surface area contributed by atoms with Crippen LogP contribution in [0.4, 0.5) is 0 Å². The molecule has 0 saturated carbocycles. The highest BCUT2D eigenvalue weighted by Gasteiger charge is 2.22. The maximum Gasteiger partial charge on any atom is 0.229 e. The fourth-order valence-electron chi connectivity index (χ4n) is 3.55. The van der Waals surface area contributed by atoms with E-state index in [-0.39, 0.29) is 12.3 Å². The molecule has 4 aromatic rings. The average Bonchev–Trinajstić information content (AvgIpc) is 3.31. The Morgan fingerprint density at radius 1 is 1.17 bits per heavy atom. The van der Waals surface area contributed by atoms with Crippen LogP contribution in [0.2, 0.25) is 0 Å². The van der Waals surface area contributed by atoms with Gasteiger partial charge in [0.25, 0.3) is 0 Å². The summed E-state index contributed by atoms with van der Waals surface area (Å²) in [5, 5.41) is 10.9. The molecule has 1 aliphatic rings. The smallest absolute Gasteiger partial charge is 0.229 e. The van der Waals surface area contributed by atoms with Crippen molar-refractivity contribution in [2.75, 3.05) is 6.54 Å². The fraction of sp³-hybridized carbons (Fsp3) is 0.300. The van der Waals surface area contributed by atoms with E-state index in [1.165, 1.54) is 11.3 Å². The van der Waals surface area contributed by atoms with E-state index < -0.39 is 0 Å². The van der Waals surface area contributed by atoms with Crippen LogP contribution in [0.1, 0.15) is 22.2 Å². The van der Waals surface area contributed by atoms with Crippen molar-refractivity contribution >= 4 is 28.1 Å². The molecule has 0 N–H and O–H groups in total. The number of hydrogen-bond acceptors (Lipinski definition) is 7. The van der Waals surface area contributed by atoms with Gasteiger partial charge in [-0.15, -0.1) is 10.2 Å². The van der Waals surface area contributed by atoms with Gasteiger partial charge in [0.15, 0.2) is 5.01 Å². The Morgan fingerprint density at radius 3 is 2.90 bits per heavy atom. The molecule has 0 radical (unpaired) electrons. The minimum Gasteiger partial charge on any atom is -0.333 e. The lowest BCUT2D eigenvalue weighted by molar-refractivity contribution is -0.132. The molecule has 0 atom stereocenters. The third-order valence-corrected chi connectivity index (χ3v) is 5.84. The summed E-state index contributed by atoms with van der Waals surface area (Å²) in [6.45, 7) is 5.90. The van der Waals surface area contributed by atoms with Gasteiger partial charge in [0, 0.05) is 30.9 Å². The molecule has 146 valence electrons. The summed E-state index contributed by atoms with van der Waals surface area (Å²) in [7, 11) is 0. The molecule has 9 heteroatoms. The minimum absolute atomic E-state index is 0.0552. The lowest BCUT2D eigenvalue weighted by Crippen LogP contribution is -2.39.